The molecule has 0 aliphatic rings. The van der Waals surface area contributed by atoms with Crippen molar-refractivity contribution in [3.05, 3.63) is 72.7 Å². The van der Waals surface area contributed by atoms with Crippen molar-refractivity contribution in [1.82, 2.24) is 9.29 Å². The van der Waals surface area contributed by atoms with Crippen molar-refractivity contribution in [3.63, 3.8) is 0 Å². The molecule has 0 N–H and O–H groups in total. The summed E-state index contributed by atoms with van der Waals surface area (Å²) in [5, 5.41) is 0. The zero-order valence-electron chi connectivity index (χ0n) is 18.3. The largest absolute Gasteiger partial charge is 0.439 e. The van der Waals surface area contributed by atoms with Crippen LogP contribution < -0.4 is 9.04 Å². The Morgan fingerprint density at radius 3 is 2.06 bits per heavy atom. The van der Waals surface area contributed by atoms with Gasteiger partial charge in [-0.3, -0.25) is 4.31 Å². The van der Waals surface area contributed by atoms with E-state index in [0.29, 0.717) is 24.5 Å². The Bertz CT molecular complexity index is 1310. The third-order valence-corrected chi connectivity index (χ3v) is 8.80. The first kappa shape index (κ1) is 24.6. The predicted octanol–water partition coefficient (Wildman–Crippen LogP) is 3.87. The molecule has 11 heteroatoms. The van der Waals surface area contributed by atoms with Gasteiger partial charge in [0.25, 0.3) is 10.0 Å². The van der Waals surface area contributed by atoms with Gasteiger partial charge in [-0.25, -0.2) is 26.2 Å². The van der Waals surface area contributed by atoms with Crippen LogP contribution in [0.4, 0.5) is 10.1 Å². The fourth-order valence-corrected chi connectivity index (χ4v) is 5.74. The van der Waals surface area contributed by atoms with Crippen LogP contribution in [0.1, 0.15) is 13.8 Å². The lowest BCUT2D eigenvalue weighted by molar-refractivity contribution is 0.443. The number of anilines is 1. The lowest BCUT2D eigenvalue weighted by atomic mass is 10.3. The lowest BCUT2D eigenvalue weighted by Crippen LogP contribution is -2.30. The van der Waals surface area contributed by atoms with Gasteiger partial charge in [0.2, 0.25) is 15.9 Å². The number of ether oxygens (including phenoxy) is 1. The fraction of sp³-hybridized carbons (Fsp3) is 0.227. The molecule has 1 aromatic heterocycles. The number of hydrogen-bond donors (Lipinski definition) is 0. The topological polar surface area (TPSA) is 96.9 Å². The van der Waals surface area contributed by atoms with Crippen LogP contribution in [0, 0.1) is 5.82 Å². The first-order valence-electron chi connectivity index (χ1n) is 10.1. The van der Waals surface area contributed by atoms with E-state index in [9.17, 15) is 21.2 Å². The molecule has 33 heavy (non-hydrogen) atoms. The first-order valence-corrected chi connectivity index (χ1v) is 13.0. The molecule has 3 rings (SSSR count). The monoisotopic (exact) mass is 493 g/mol. The van der Waals surface area contributed by atoms with E-state index >= 15 is 0 Å². The predicted molar refractivity (Wildman–Crippen MR) is 123 cm³/mol. The Balaban J connectivity index is 1.75. The molecular weight excluding hydrogens is 469 g/mol. The fourth-order valence-electron chi connectivity index (χ4n) is 3.08. The highest BCUT2D eigenvalue weighted by atomic mass is 32.2. The van der Waals surface area contributed by atoms with E-state index in [-0.39, 0.29) is 10.8 Å². The molecule has 0 saturated heterocycles. The Kier molecular flexibility index (Phi) is 7.35. The molecule has 0 fully saturated rings. The number of halogens is 1. The summed E-state index contributed by atoms with van der Waals surface area (Å²) in [7, 11) is -6.37. The average Bonchev–Trinajstić information content (AvgIpc) is 2.80. The van der Waals surface area contributed by atoms with Gasteiger partial charge < -0.3 is 4.74 Å². The summed E-state index contributed by atoms with van der Waals surface area (Å²) < 4.78 is 72.4. The minimum atomic E-state index is -4.08. The molecule has 0 atom stereocenters. The van der Waals surface area contributed by atoms with Gasteiger partial charge in [-0.15, -0.1) is 0 Å². The van der Waals surface area contributed by atoms with Gasteiger partial charge in [-0.05, 0) is 42.5 Å². The van der Waals surface area contributed by atoms with Crippen LogP contribution in [0.5, 0.6) is 11.6 Å². The molecule has 0 unspecified atom stereocenters. The Labute approximate surface area is 193 Å². The number of benzene rings is 2. The summed E-state index contributed by atoms with van der Waals surface area (Å²) >= 11 is 0. The molecule has 8 nitrogen and oxygen atoms in total. The van der Waals surface area contributed by atoms with Gasteiger partial charge in [0.1, 0.15) is 21.4 Å². The maximum absolute atomic E-state index is 14.0. The second-order valence-corrected chi connectivity index (χ2v) is 10.8. The van der Waals surface area contributed by atoms with E-state index in [1.807, 2.05) is 0 Å². The highest BCUT2D eigenvalue weighted by Crippen LogP contribution is 2.27. The number of hydrogen-bond acceptors (Lipinski definition) is 6. The van der Waals surface area contributed by atoms with Crippen molar-refractivity contribution in [2.75, 3.05) is 24.4 Å². The van der Waals surface area contributed by atoms with Crippen molar-refractivity contribution < 1.29 is 26.0 Å². The van der Waals surface area contributed by atoms with Gasteiger partial charge in [-0.1, -0.05) is 26.0 Å². The van der Waals surface area contributed by atoms with Gasteiger partial charge in [0.05, 0.1) is 11.9 Å². The minimum Gasteiger partial charge on any atom is -0.439 e. The van der Waals surface area contributed by atoms with Crippen molar-refractivity contribution in [2.45, 2.75) is 23.6 Å². The zero-order valence-corrected chi connectivity index (χ0v) is 20.0. The summed E-state index contributed by atoms with van der Waals surface area (Å²) in [5.41, 5.74) is 0.305. The molecule has 0 amide bonds. The maximum atomic E-state index is 14.0. The third-order valence-electron chi connectivity index (χ3n) is 4.95. The van der Waals surface area contributed by atoms with E-state index in [1.165, 1.54) is 72.1 Å². The zero-order chi connectivity index (χ0) is 24.2. The SMILES string of the molecule is CCN(CC)S(=O)(=O)c1ccc(Oc2ccc(N(C)S(=O)(=O)c3ccccc3F)cc2)nc1. The minimum absolute atomic E-state index is 0.0638. The molecule has 2 aromatic carbocycles. The number of aromatic nitrogens is 1. The van der Waals surface area contributed by atoms with Crippen LogP contribution in [0.15, 0.2) is 76.7 Å². The summed E-state index contributed by atoms with van der Waals surface area (Å²) in [6.07, 6.45) is 1.23. The van der Waals surface area contributed by atoms with Crippen LogP contribution in [-0.2, 0) is 20.0 Å². The standard InChI is InChI=1S/C22H24FN3O5S2/c1-4-26(5-2)32(27,28)19-14-15-22(24-16-19)31-18-12-10-17(11-13-18)25(3)33(29,30)21-9-7-6-8-20(21)23/h6-16H,4-5H2,1-3H3. The maximum Gasteiger partial charge on any atom is 0.266 e. The van der Waals surface area contributed by atoms with E-state index in [1.54, 1.807) is 13.8 Å². The lowest BCUT2D eigenvalue weighted by Gasteiger charge is -2.20. The van der Waals surface area contributed by atoms with E-state index in [2.05, 4.69) is 4.98 Å². The summed E-state index contributed by atoms with van der Waals surface area (Å²) in [5.74, 6) is -0.294. The van der Waals surface area contributed by atoms with Crippen LogP contribution in [0.2, 0.25) is 0 Å². The molecular formula is C22H24FN3O5S2. The molecule has 3 aromatic rings. The second kappa shape index (κ2) is 9.86. The van der Waals surface area contributed by atoms with E-state index in [0.717, 1.165) is 10.4 Å². The molecule has 0 spiro atoms. The number of nitrogens with zero attached hydrogens (tertiary/aromatic N) is 3. The van der Waals surface area contributed by atoms with Crippen molar-refractivity contribution >= 4 is 25.7 Å². The summed E-state index contributed by atoms with van der Waals surface area (Å²) in [6, 6.07) is 14.1. The summed E-state index contributed by atoms with van der Waals surface area (Å²) in [6.45, 7) is 4.22. The van der Waals surface area contributed by atoms with Gasteiger partial charge in [0.15, 0.2) is 0 Å². The molecule has 0 aliphatic carbocycles. The van der Waals surface area contributed by atoms with Gasteiger partial charge in [0, 0.05) is 26.2 Å². The van der Waals surface area contributed by atoms with Crippen LogP contribution in [0.25, 0.3) is 0 Å². The molecule has 0 saturated carbocycles. The van der Waals surface area contributed by atoms with Crippen molar-refractivity contribution in [1.29, 1.82) is 0 Å². The molecule has 0 radical (unpaired) electrons. The van der Waals surface area contributed by atoms with Crippen molar-refractivity contribution in [2.24, 2.45) is 0 Å². The smallest absolute Gasteiger partial charge is 0.266 e. The van der Waals surface area contributed by atoms with Gasteiger partial charge in [-0.2, -0.15) is 4.31 Å². The molecule has 176 valence electrons. The summed E-state index contributed by atoms with van der Waals surface area (Å²) in [4.78, 5) is 3.71. The highest BCUT2D eigenvalue weighted by molar-refractivity contribution is 7.92. The normalized spacial score (nSPS) is 12.0. The van der Waals surface area contributed by atoms with Crippen LogP contribution in [-0.4, -0.2) is 46.3 Å². The number of sulfonamides is 2. The molecule has 0 bridgehead atoms. The number of pyridine rings is 1. The third kappa shape index (κ3) is 5.15. The van der Waals surface area contributed by atoms with Gasteiger partial charge >= 0.3 is 0 Å². The molecule has 1 heterocycles. The molecule has 0 aliphatic heterocycles. The Hall–Kier alpha value is -3.02. The second-order valence-electron chi connectivity index (χ2n) is 6.92. The number of rotatable bonds is 9. The van der Waals surface area contributed by atoms with Crippen LogP contribution >= 0.6 is 0 Å². The highest BCUT2D eigenvalue weighted by Gasteiger charge is 2.25. The average molecular weight is 494 g/mol. The van der Waals surface area contributed by atoms with E-state index in [4.69, 9.17) is 4.74 Å². The quantitative estimate of drug-likeness (QED) is 0.449. The Morgan fingerprint density at radius 2 is 1.52 bits per heavy atom. The van der Waals surface area contributed by atoms with E-state index < -0.39 is 30.8 Å². The van der Waals surface area contributed by atoms with Crippen LogP contribution in [0.3, 0.4) is 0 Å². The Morgan fingerprint density at radius 1 is 0.879 bits per heavy atom. The van der Waals surface area contributed by atoms with Crippen molar-refractivity contribution in [3.8, 4) is 11.6 Å². The first-order chi connectivity index (χ1) is 15.6.